The molecule has 2 aromatic rings. The molecule has 1 aliphatic heterocycles. The average molecular weight is 287 g/mol. The molecule has 0 spiro atoms. The number of anilines is 1. The van der Waals surface area contributed by atoms with E-state index in [1.807, 2.05) is 6.07 Å². The fourth-order valence-corrected chi connectivity index (χ4v) is 2.78. The Labute approximate surface area is 122 Å². The second-order valence-electron chi connectivity index (χ2n) is 5.34. The second kappa shape index (κ2) is 5.65. The van der Waals surface area contributed by atoms with Gasteiger partial charge < -0.3 is 10.1 Å². The van der Waals surface area contributed by atoms with E-state index in [2.05, 4.69) is 17.2 Å². The molecule has 0 saturated carbocycles. The van der Waals surface area contributed by atoms with Gasteiger partial charge >= 0.3 is 0 Å². The van der Waals surface area contributed by atoms with Crippen molar-refractivity contribution in [1.82, 2.24) is 4.98 Å². The number of rotatable bonds is 3. The SMILES string of the molecule is CC1CC(Nc2ccc([N+](=O)[O-])c3ncccc23)CCO1. The maximum absolute atomic E-state index is 11.1. The third-order valence-corrected chi connectivity index (χ3v) is 3.79. The third-order valence-electron chi connectivity index (χ3n) is 3.79. The summed E-state index contributed by atoms with van der Waals surface area (Å²) in [4.78, 5) is 14.9. The number of nitrogens with zero attached hydrogens (tertiary/aromatic N) is 2. The van der Waals surface area contributed by atoms with Crippen LogP contribution >= 0.6 is 0 Å². The van der Waals surface area contributed by atoms with Crippen molar-refractivity contribution >= 4 is 22.3 Å². The molecule has 6 heteroatoms. The Hall–Kier alpha value is -2.21. The molecule has 1 aliphatic rings. The highest BCUT2D eigenvalue weighted by Crippen LogP contribution is 2.31. The molecule has 1 aromatic heterocycles. The van der Waals surface area contributed by atoms with E-state index in [1.165, 1.54) is 6.07 Å². The van der Waals surface area contributed by atoms with E-state index in [4.69, 9.17) is 4.74 Å². The Bertz CT molecular complexity index is 674. The van der Waals surface area contributed by atoms with Gasteiger partial charge in [0.15, 0.2) is 0 Å². The first-order chi connectivity index (χ1) is 10.1. The number of non-ortho nitro benzene ring substituents is 1. The van der Waals surface area contributed by atoms with E-state index in [0.29, 0.717) is 11.6 Å². The summed E-state index contributed by atoms with van der Waals surface area (Å²) in [6.45, 7) is 2.80. The van der Waals surface area contributed by atoms with Gasteiger partial charge in [-0.2, -0.15) is 0 Å². The minimum absolute atomic E-state index is 0.0384. The number of nitrogens with one attached hydrogen (secondary N) is 1. The summed E-state index contributed by atoms with van der Waals surface area (Å²) >= 11 is 0. The number of fused-ring (bicyclic) bond motifs is 1. The quantitative estimate of drug-likeness (QED) is 0.693. The zero-order valence-corrected chi connectivity index (χ0v) is 11.8. The first-order valence-electron chi connectivity index (χ1n) is 7.05. The van der Waals surface area contributed by atoms with Crippen LogP contribution in [0, 0.1) is 10.1 Å². The van der Waals surface area contributed by atoms with E-state index >= 15 is 0 Å². The monoisotopic (exact) mass is 287 g/mol. The standard InChI is InChI=1S/C15H17N3O3/c1-10-9-11(6-8-21-10)17-13-4-5-14(18(19)20)15-12(13)3-2-7-16-15/h2-5,7,10-11,17H,6,8-9H2,1H3. The predicted octanol–water partition coefficient (Wildman–Crippen LogP) is 3.12. The molecule has 2 unspecified atom stereocenters. The number of hydrogen-bond donors (Lipinski definition) is 1. The number of nitro benzene ring substituents is 1. The molecule has 3 rings (SSSR count). The van der Waals surface area contributed by atoms with Crippen LogP contribution in [0.1, 0.15) is 19.8 Å². The molecule has 0 radical (unpaired) electrons. The predicted molar refractivity (Wildman–Crippen MR) is 80.5 cm³/mol. The molecule has 110 valence electrons. The molecule has 0 bridgehead atoms. The Balaban J connectivity index is 1.96. The van der Waals surface area contributed by atoms with Crippen LogP contribution < -0.4 is 5.32 Å². The summed E-state index contributed by atoms with van der Waals surface area (Å²) in [6, 6.07) is 7.26. The normalized spacial score (nSPS) is 22.1. The second-order valence-corrected chi connectivity index (χ2v) is 5.34. The largest absolute Gasteiger partial charge is 0.382 e. The number of hydrogen-bond acceptors (Lipinski definition) is 5. The first kappa shape index (κ1) is 13.8. The molecular formula is C15H17N3O3. The lowest BCUT2D eigenvalue weighted by Gasteiger charge is -2.29. The van der Waals surface area contributed by atoms with Crippen LogP contribution in [0.5, 0.6) is 0 Å². The molecule has 6 nitrogen and oxygen atoms in total. The number of pyridine rings is 1. The number of ether oxygens (including phenoxy) is 1. The van der Waals surface area contributed by atoms with Crippen LogP contribution in [0.3, 0.4) is 0 Å². The van der Waals surface area contributed by atoms with E-state index in [1.54, 1.807) is 18.3 Å². The van der Waals surface area contributed by atoms with Crippen LogP contribution in [-0.4, -0.2) is 28.7 Å². The van der Waals surface area contributed by atoms with Crippen molar-refractivity contribution in [1.29, 1.82) is 0 Å². The van der Waals surface area contributed by atoms with Crippen molar-refractivity contribution < 1.29 is 9.66 Å². The fraction of sp³-hybridized carbons (Fsp3) is 0.400. The van der Waals surface area contributed by atoms with Crippen molar-refractivity contribution in [3.8, 4) is 0 Å². The summed E-state index contributed by atoms with van der Waals surface area (Å²) in [7, 11) is 0. The zero-order valence-electron chi connectivity index (χ0n) is 11.8. The van der Waals surface area contributed by atoms with Gasteiger partial charge in [-0.1, -0.05) is 0 Å². The number of benzene rings is 1. The Morgan fingerprint density at radius 1 is 1.43 bits per heavy atom. The van der Waals surface area contributed by atoms with Crippen molar-refractivity contribution in [2.24, 2.45) is 0 Å². The maximum Gasteiger partial charge on any atom is 0.295 e. The summed E-state index contributed by atoms with van der Waals surface area (Å²) in [6.07, 6.45) is 3.68. The van der Waals surface area contributed by atoms with E-state index in [-0.39, 0.29) is 11.8 Å². The number of aromatic nitrogens is 1. The third kappa shape index (κ3) is 2.80. The minimum atomic E-state index is -0.393. The smallest absolute Gasteiger partial charge is 0.295 e. The van der Waals surface area contributed by atoms with Gasteiger partial charge in [-0.15, -0.1) is 0 Å². The van der Waals surface area contributed by atoms with Crippen molar-refractivity contribution in [2.45, 2.75) is 31.9 Å². The highest BCUT2D eigenvalue weighted by molar-refractivity contribution is 5.96. The van der Waals surface area contributed by atoms with Gasteiger partial charge in [0.25, 0.3) is 5.69 Å². The van der Waals surface area contributed by atoms with E-state index in [9.17, 15) is 10.1 Å². The van der Waals surface area contributed by atoms with Crippen LogP contribution in [0.25, 0.3) is 10.9 Å². The molecule has 1 N–H and O–H groups in total. The van der Waals surface area contributed by atoms with Crippen molar-refractivity contribution in [3.63, 3.8) is 0 Å². The molecule has 0 amide bonds. The molecule has 1 saturated heterocycles. The highest BCUT2D eigenvalue weighted by atomic mass is 16.6. The summed E-state index contributed by atoms with van der Waals surface area (Å²) in [5, 5.41) is 15.3. The molecule has 2 heterocycles. The molecule has 0 aliphatic carbocycles. The summed E-state index contributed by atoms with van der Waals surface area (Å²) in [5.41, 5.74) is 1.35. The van der Waals surface area contributed by atoms with E-state index < -0.39 is 4.92 Å². The van der Waals surface area contributed by atoms with E-state index in [0.717, 1.165) is 30.5 Å². The van der Waals surface area contributed by atoms with Gasteiger partial charge in [-0.25, -0.2) is 4.98 Å². The molecular weight excluding hydrogens is 270 g/mol. The first-order valence-corrected chi connectivity index (χ1v) is 7.05. The van der Waals surface area contributed by atoms with Gasteiger partial charge in [0, 0.05) is 36.0 Å². The van der Waals surface area contributed by atoms with Crippen LogP contribution in [0.4, 0.5) is 11.4 Å². The van der Waals surface area contributed by atoms with Gasteiger partial charge in [-0.05, 0) is 38.0 Å². The van der Waals surface area contributed by atoms with Crippen LogP contribution in [0.2, 0.25) is 0 Å². The molecule has 1 aromatic carbocycles. The van der Waals surface area contributed by atoms with Crippen molar-refractivity contribution in [2.75, 3.05) is 11.9 Å². The summed E-state index contributed by atoms with van der Waals surface area (Å²) in [5.74, 6) is 0. The zero-order chi connectivity index (χ0) is 14.8. The molecule has 1 fully saturated rings. The lowest BCUT2D eigenvalue weighted by molar-refractivity contribution is -0.383. The molecule has 21 heavy (non-hydrogen) atoms. The highest BCUT2D eigenvalue weighted by Gasteiger charge is 2.21. The van der Waals surface area contributed by atoms with Crippen LogP contribution in [0.15, 0.2) is 30.5 Å². The topological polar surface area (TPSA) is 77.3 Å². The van der Waals surface area contributed by atoms with Crippen molar-refractivity contribution in [3.05, 3.63) is 40.6 Å². The maximum atomic E-state index is 11.1. The Kier molecular flexibility index (Phi) is 3.70. The minimum Gasteiger partial charge on any atom is -0.382 e. The number of nitro groups is 1. The van der Waals surface area contributed by atoms with Gasteiger partial charge in [0.2, 0.25) is 0 Å². The van der Waals surface area contributed by atoms with Gasteiger partial charge in [-0.3, -0.25) is 10.1 Å². The molecule has 2 atom stereocenters. The lowest BCUT2D eigenvalue weighted by atomic mass is 10.0. The Morgan fingerprint density at radius 2 is 2.29 bits per heavy atom. The lowest BCUT2D eigenvalue weighted by Crippen LogP contribution is -2.32. The fourth-order valence-electron chi connectivity index (χ4n) is 2.78. The van der Waals surface area contributed by atoms with Gasteiger partial charge in [0.1, 0.15) is 5.52 Å². The van der Waals surface area contributed by atoms with Crippen LogP contribution in [-0.2, 0) is 4.74 Å². The Morgan fingerprint density at radius 3 is 3.05 bits per heavy atom. The summed E-state index contributed by atoms with van der Waals surface area (Å²) < 4.78 is 5.54. The average Bonchev–Trinajstić information content (AvgIpc) is 2.47. The van der Waals surface area contributed by atoms with Gasteiger partial charge in [0.05, 0.1) is 11.0 Å².